The lowest BCUT2D eigenvalue weighted by Gasteiger charge is -2.44. The van der Waals surface area contributed by atoms with E-state index >= 15 is 0 Å². The number of hydrogen-bond donors (Lipinski definition) is 2. The van der Waals surface area contributed by atoms with E-state index in [2.05, 4.69) is 10.1 Å². The highest BCUT2D eigenvalue weighted by molar-refractivity contribution is 5.83. The standard InChI is InChI=1S/C17H14F6N2O4/c18-16(19,20)10-3-1-9(2-4-10)13-11(5-24)14(27)25-6-12(13)15(28,7-29-8-26)17(21,22)23/h1-4,8,11-13,28H,6-7H2,(H,25,27). The summed E-state index contributed by atoms with van der Waals surface area (Å²) in [5.74, 6) is -6.19. The molecule has 0 aromatic heterocycles. The van der Waals surface area contributed by atoms with Gasteiger partial charge in [-0.25, -0.2) is 0 Å². The Labute approximate surface area is 160 Å². The fraction of sp³-hybridized carbons (Fsp3) is 0.471. The molecule has 0 aliphatic carbocycles. The van der Waals surface area contributed by atoms with E-state index in [4.69, 9.17) is 0 Å². The number of alkyl halides is 6. The van der Waals surface area contributed by atoms with Gasteiger partial charge in [-0.1, -0.05) is 12.1 Å². The van der Waals surface area contributed by atoms with Gasteiger partial charge in [0.1, 0.15) is 12.5 Å². The molecule has 12 heteroatoms. The number of piperidine rings is 1. The highest BCUT2D eigenvalue weighted by Gasteiger charge is 2.63. The maximum Gasteiger partial charge on any atom is 0.420 e. The number of hydrogen-bond acceptors (Lipinski definition) is 5. The van der Waals surface area contributed by atoms with Crippen LogP contribution in [0.25, 0.3) is 0 Å². The van der Waals surface area contributed by atoms with Gasteiger partial charge in [-0.3, -0.25) is 9.59 Å². The molecule has 29 heavy (non-hydrogen) atoms. The molecule has 1 aromatic carbocycles. The quantitative estimate of drug-likeness (QED) is 0.558. The average Bonchev–Trinajstić information content (AvgIpc) is 2.64. The van der Waals surface area contributed by atoms with Crippen LogP contribution in [0.15, 0.2) is 24.3 Å². The van der Waals surface area contributed by atoms with Crippen LogP contribution >= 0.6 is 0 Å². The summed E-state index contributed by atoms with van der Waals surface area (Å²) in [6.45, 7) is -2.58. The number of carbonyl (C=O) groups excluding carboxylic acids is 2. The summed E-state index contributed by atoms with van der Waals surface area (Å²) >= 11 is 0. The average molecular weight is 424 g/mol. The molecule has 0 radical (unpaired) electrons. The molecule has 2 rings (SSSR count). The highest BCUT2D eigenvalue weighted by atomic mass is 19.4. The first-order chi connectivity index (χ1) is 13.4. The zero-order valence-electron chi connectivity index (χ0n) is 14.4. The Hall–Kier alpha value is -2.81. The van der Waals surface area contributed by atoms with Crippen LogP contribution in [0.3, 0.4) is 0 Å². The smallest absolute Gasteiger partial charge is 0.420 e. The fourth-order valence-electron chi connectivity index (χ4n) is 3.33. The largest absolute Gasteiger partial charge is 0.464 e. The predicted molar refractivity (Wildman–Crippen MR) is 82.8 cm³/mol. The Morgan fingerprint density at radius 2 is 1.79 bits per heavy atom. The van der Waals surface area contributed by atoms with Gasteiger partial charge in [-0.05, 0) is 17.7 Å². The summed E-state index contributed by atoms with van der Waals surface area (Å²) in [6.07, 6.45) is -10.0. The first-order valence-corrected chi connectivity index (χ1v) is 8.05. The third-order valence-electron chi connectivity index (χ3n) is 4.81. The van der Waals surface area contributed by atoms with Crippen molar-refractivity contribution in [2.45, 2.75) is 23.9 Å². The molecule has 1 aliphatic heterocycles. The van der Waals surface area contributed by atoms with Crippen molar-refractivity contribution in [1.82, 2.24) is 5.32 Å². The lowest BCUT2D eigenvalue weighted by molar-refractivity contribution is -0.294. The molecule has 6 nitrogen and oxygen atoms in total. The van der Waals surface area contributed by atoms with Crippen molar-refractivity contribution in [2.24, 2.45) is 11.8 Å². The number of aliphatic hydroxyl groups is 1. The topological polar surface area (TPSA) is 99.4 Å². The number of nitrogens with one attached hydrogen (secondary N) is 1. The van der Waals surface area contributed by atoms with E-state index in [1.165, 1.54) is 6.07 Å². The van der Waals surface area contributed by atoms with Gasteiger partial charge in [0.2, 0.25) is 5.91 Å². The van der Waals surface area contributed by atoms with Crippen LogP contribution in [0.2, 0.25) is 0 Å². The molecule has 158 valence electrons. The van der Waals surface area contributed by atoms with Crippen molar-refractivity contribution >= 4 is 12.4 Å². The number of rotatable bonds is 5. The summed E-state index contributed by atoms with van der Waals surface area (Å²) in [7, 11) is 0. The Morgan fingerprint density at radius 1 is 1.21 bits per heavy atom. The first kappa shape index (κ1) is 22.5. The summed E-state index contributed by atoms with van der Waals surface area (Å²) in [6, 6.07) is 4.43. The zero-order chi connectivity index (χ0) is 22.0. The third kappa shape index (κ3) is 4.29. The zero-order valence-corrected chi connectivity index (χ0v) is 14.4. The normalized spacial score (nSPS) is 24.8. The minimum absolute atomic E-state index is 0.182. The molecule has 1 amide bonds. The second-order valence-electron chi connectivity index (χ2n) is 6.43. The molecule has 4 atom stereocenters. The molecular weight excluding hydrogens is 410 g/mol. The van der Waals surface area contributed by atoms with Crippen molar-refractivity contribution in [3.8, 4) is 6.07 Å². The van der Waals surface area contributed by atoms with E-state index in [9.17, 15) is 46.3 Å². The Bertz CT molecular complexity index is 802. The second kappa shape index (κ2) is 7.90. The number of ether oxygens (including phenoxy) is 1. The summed E-state index contributed by atoms with van der Waals surface area (Å²) in [4.78, 5) is 22.4. The van der Waals surface area contributed by atoms with E-state index in [-0.39, 0.29) is 12.0 Å². The monoisotopic (exact) mass is 424 g/mol. The Morgan fingerprint density at radius 3 is 2.24 bits per heavy atom. The van der Waals surface area contributed by atoms with E-state index in [1.807, 2.05) is 0 Å². The van der Waals surface area contributed by atoms with Gasteiger partial charge < -0.3 is 15.2 Å². The van der Waals surface area contributed by atoms with Crippen LogP contribution < -0.4 is 5.32 Å². The number of halogens is 6. The van der Waals surface area contributed by atoms with Crippen LogP contribution in [-0.2, 0) is 20.5 Å². The molecular formula is C17H14F6N2O4. The molecule has 1 fully saturated rings. The van der Waals surface area contributed by atoms with Gasteiger partial charge in [-0.15, -0.1) is 0 Å². The minimum Gasteiger partial charge on any atom is -0.464 e. The lowest BCUT2D eigenvalue weighted by atomic mass is 9.67. The van der Waals surface area contributed by atoms with E-state index < -0.39 is 60.3 Å². The van der Waals surface area contributed by atoms with E-state index in [0.29, 0.717) is 12.1 Å². The maximum atomic E-state index is 13.7. The number of amides is 1. The molecule has 4 unspecified atom stereocenters. The minimum atomic E-state index is -5.34. The second-order valence-corrected chi connectivity index (χ2v) is 6.43. The Kier molecular flexibility index (Phi) is 6.13. The SMILES string of the molecule is N#CC1C(=O)NCC(C(O)(COC=O)C(F)(F)F)C1c1ccc(C(F)(F)F)cc1. The third-order valence-corrected chi connectivity index (χ3v) is 4.81. The summed E-state index contributed by atoms with van der Waals surface area (Å²) in [5, 5.41) is 21.7. The van der Waals surface area contributed by atoms with Crippen LogP contribution in [-0.4, -0.2) is 42.4 Å². The van der Waals surface area contributed by atoms with Gasteiger partial charge in [-0.2, -0.15) is 31.6 Å². The summed E-state index contributed by atoms with van der Waals surface area (Å²) < 4.78 is 83.4. The van der Waals surface area contributed by atoms with Gasteiger partial charge >= 0.3 is 12.4 Å². The van der Waals surface area contributed by atoms with Crippen molar-refractivity contribution in [3.05, 3.63) is 35.4 Å². The van der Waals surface area contributed by atoms with Gasteiger partial charge in [0, 0.05) is 18.4 Å². The van der Waals surface area contributed by atoms with E-state index in [1.54, 1.807) is 0 Å². The molecule has 0 saturated carbocycles. The fourth-order valence-corrected chi connectivity index (χ4v) is 3.33. The first-order valence-electron chi connectivity index (χ1n) is 8.05. The van der Waals surface area contributed by atoms with Gasteiger partial charge in [0.25, 0.3) is 6.47 Å². The van der Waals surface area contributed by atoms with Crippen molar-refractivity contribution in [2.75, 3.05) is 13.2 Å². The van der Waals surface area contributed by atoms with Crippen LogP contribution in [0.1, 0.15) is 17.0 Å². The predicted octanol–water partition coefficient (Wildman–Crippen LogP) is 2.14. The van der Waals surface area contributed by atoms with Gasteiger partial charge in [0.15, 0.2) is 5.60 Å². The maximum absolute atomic E-state index is 13.7. The molecule has 1 aliphatic rings. The molecule has 1 heterocycles. The van der Waals surface area contributed by atoms with Crippen molar-refractivity contribution in [1.29, 1.82) is 5.26 Å². The van der Waals surface area contributed by atoms with Crippen LogP contribution in [0.5, 0.6) is 0 Å². The van der Waals surface area contributed by atoms with Crippen molar-refractivity contribution < 1.29 is 45.8 Å². The molecule has 0 spiro atoms. The highest BCUT2D eigenvalue weighted by Crippen LogP contribution is 2.47. The molecule has 1 saturated heterocycles. The number of nitriles is 1. The number of nitrogens with zero attached hydrogens (tertiary/aromatic N) is 1. The Balaban J connectivity index is 2.58. The molecule has 2 N–H and O–H groups in total. The summed E-state index contributed by atoms with van der Waals surface area (Å²) in [5.41, 5.74) is -4.93. The van der Waals surface area contributed by atoms with Crippen LogP contribution in [0, 0.1) is 23.2 Å². The van der Waals surface area contributed by atoms with Gasteiger partial charge in [0.05, 0.1) is 11.6 Å². The number of carbonyl (C=O) groups is 2. The lowest BCUT2D eigenvalue weighted by Crippen LogP contribution is -2.63. The van der Waals surface area contributed by atoms with Crippen LogP contribution in [0.4, 0.5) is 26.3 Å². The molecule has 0 bridgehead atoms. The molecule has 1 aromatic rings. The van der Waals surface area contributed by atoms with Crippen molar-refractivity contribution in [3.63, 3.8) is 0 Å². The van der Waals surface area contributed by atoms with E-state index in [0.717, 1.165) is 12.1 Å². The number of benzene rings is 1.